The minimum Gasteiger partial charge on any atom is -0.494 e. The van der Waals surface area contributed by atoms with E-state index in [1.54, 1.807) is 6.07 Å². The zero-order valence-corrected chi connectivity index (χ0v) is 12.9. The number of benzene rings is 1. The molecule has 0 spiro atoms. The Bertz CT molecular complexity index is 734. The molecule has 0 radical (unpaired) electrons. The van der Waals surface area contributed by atoms with Gasteiger partial charge in [-0.25, -0.2) is 19.2 Å². The van der Waals surface area contributed by atoms with Crippen molar-refractivity contribution < 1.29 is 18.7 Å². The Morgan fingerprint density at radius 3 is 2.91 bits per heavy atom. The third kappa shape index (κ3) is 2.96. The molecular weight excluding hydrogens is 303 g/mol. The smallest absolute Gasteiger partial charge is 0.407 e. The van der Waals surface area contributed by atoms with Crippen molar-refractivity contribution in [3.8, 4) is 5.75 Å². The minimum atomic E-state index is -0.467. The number of amides is 1. The van der Waals surface area contributed by atoms with Crippen LogP contribution >= 0.6 is 0 Å². The van der Waals surface area contributed by atoms with Gasteiger partial charge >= 0.3 is 6.09 Å². The second-order valence-corrected chi connectivity index (χ2v) is 5.16. The van der Waals surface area contributed by atoms with Crippen LogP contribution in [0, 0.1) is 5.82 Å². The van der Waals surface area contributed by atoms with Crippen molar-refractivity contribution in [3.05, 3.63) is 24.3 Å². The van der Waals surface area contributed by atoms with Crippen LogP contribution in [-0.4, -0.2) is 48.9 Å². The third-order valence-electron chi connectivity index (χ3n) is 3.63. The van der Waals surface area contributed by atoms with Crippen molar-refractivity contribution in [2.45, 2.75) is 13.0 Å². The van der Waals surface area contributed by atoms with Crippen LogP contribution < -0.4 is 15.0 Å². The number of carbonyl (C=O) groups is 1. The summed E-state index contributed by atoms with van der Waals surface area (Å²) in [5.74, 6) is 0.346. The lowest BCUT2D eigenvalue weighted by Crippen LogP contribution is -2.54. The molecule has 0 aliphatic carbocycles. The Hall–Kier alpha value is -2.64. The fourth-order valence-corrected chi connectivity index (χ4v) is 2.48. The van der Waals surface area contributed by atoms with Gasteiger partial charge in [0.15, 0.2) is 11.6 Å². The molecule has 0 bridgehead atoms. The fourth-order valence-electron chi connectivity index (χ4n) is 2.48. The monoisotopic (exact) mass is 320 g/mol. The number of hydrogen-bond donors (Lipinski definition) is 1. The van der Waals surface area contributed by atoms with Crippen LogP contribution in [0.2, 0.25) is 0 Å². The van der Waals surface area contributed by atoms with E-state index in [1.165, 1.54) is 19.5 Å². The maximum atomic E-state index is 13.8. The van der Waals surface area contributed by atoms with Crippen LogP contribution in [0.3, 0.4) is 0 Å². The first kappa shape index (κ1) is 15.3. The number of halogens is 1. The summed E-state index contributed by atoms with van der Waals surface area (Å²) in [5.41, 5.74) is 0.501. The molecule has 1 aliphatic heterocycles. The number of alkyl carbamates (subject to hydrolysis) is 1. The molecular formula is C15H17FN4O3. The van der Waals surface area contributed by atoms with E-state index in [1.807, 2.05) is 11.8 Å². The number of methoxy groups -OCH3 is 1. The average Bonchev–Trinajstić information content (AvgIpc) is 2.49. The van der Waals surface area contributed by atoms with Crippen LogP contribution in [0.5, 0.6) is 5.75 Å². The lowest BCUT2D eigenvalue weighted by Gasteiger charge is -2.39. The molecule has 1 aromatic carbocycles. The Kier molecular flexibility index (Phi) is 4.14. The van der Waals surface area contributed by atoms with Crippen molar-refractivity contribution in [1.29, 1.82) is 0 Å². The van der Waals surface area contributed by atoms with E-state index >= 15 is 0 Å². The quantitative estimate of drug-likeness (QED) is 0.924. The van der Waals surface area contributed by atoms with Gasteiger partial charge in [0.25, 0.3) is 0 Å². The van der Waals surface area contributed by atoms with Gasteiger partial charge in [-0.2, -0.15) is 0 Å². The molecule has 0 saturated carbocycles. The summed E-state index contributed by atoms with van der Waals surface area (Å²) in [7, 11) is 1.41. The van der Waals surface area contributed by atoms with Gasteiger partial charge in [-0.1, -0.05) is 0 Å². The van der Waals surface area contributed by atoms with Gasteiger partial charge in [-0.15, -0.1) is 0 Å². The summed E-state index contributed by atoms with van der Waals surface area (Å²) in [5, 5.41) is 3.28. The molecule has 122 valence electrons. The zero-order valence-electron chi connectivity index (χ0n) is 12.9. The van der Waals surface area contributed by atoms with Crippen LogP contribution in [0.4, 0.5) is 15.0 Å². The second-order valence-electron chi connectivity index (χ2n) is 5.16. The molecule has 0 atom stereocenters. The fraction of sp³-hybridized carbons (Fsp3) is 0.400. The summed E-state index contributed by atoms with van der Waals surface area (Å²) < 4.78 is 24.0. The number of anilines is 1. The van der Waals surface area contributed by atoms with Gasteiger partial charge in [0, 0.05) is 18.0 Å². The second kappa shape index (κ2) is 6.23. The largest absolute Gasteiger partial charge is 0.494 e. The molecule has 0 unspecified atom stereocenters. The van der Waals surface area contributed by atoms with Gasteiger partial charge in [0.05, 0.1) is 25.7 Å². The third-order valence-corrected chi connectivity index (χ3v) is 3.63. The zero-order chi connectivity index (χ0) is 16.4. The van der Waals surface area contributed by atoms with Crippen molar-refractivity contribution >= 4 is 22.8 Å². The Morgan fingerprint density at radius 1 is 1.43 bits per heavy atom. The minimum absolute atomic E-state index is 0.143. The predicted molar refractivity (Wildman–Crippen MR) is 82.2 cm³/mol. The molecule has 1 fully saturated rings. The van der Waals surface area contributed by atoms with E-state index in [0.29, 0.717) is 36.4 Å². The molecule has 1 amide bonds. The number of nitrogens with one attached hydrogen (secondary N) is 1. The number of hydrogen-bond acceptors (Lipinski definition) is 6. The van der Waals surface area contributed by atoms with Crippen molar-refractivity contribution in [1.82, 2.24) is 15.3 Å². The standard InChI is InChI=1S/C15H17FN4O3/c1-3-17-15(21)23-9-6-20(7-9)14-10-4-13(22-2)11(16)5-12(10)18-8-19-14/h4-5,8-9H,3,6-7H2,1-2H3,(H,17,21). The van der Waals surface area contributed by atoms with Crippen molar-refractivity contribution in [2.24, 2.45) is 0 Å². The van der Waals surface area contributed by atoms with Gasteiger partial charge in [-0.3, -0.25) is 0 Å². The Morgan fingerprint density at radius 2 is 2.22 bits per heavy atom. The Labute approximate surface area is 132 Å². The summed E-state index contributed by atoms with van der Waals surface area (Å²) in [6, 6.07) is 2.90. The summed E-state index contributed by atoms with van der Waals surface area (Å²) in [6.07, 6.45) is 0.781. The molecule has 7 nitrogen and oxygen atoms in total. The normalized spacial score (nSPS) is 14.5. The lowest BCUT2D eigenvalue weighted by atomic mass is 10.1. The van der Waals surface area contributed by atoms with Crippen molar-refractivity contribution in [2.75, 3.05) is 31.6 Å². The van der Waals surface area contributed by atoms with Gasteiger partial charge < -0.3 is 19.7 Å². The molecule has 8 heteroatoms. The molecule has 1 aliphatic rings. The van der Waals surface area contributed by atoms with Crippen LogP contribution in [0.15, 0.2) is 18.5 Å². The summed E-state index contributed by atoms with van der Waals surface area (Å²) >= 11 is 0. The maximum Gasteiger partial charge on any atom is 0.407 e. The lowest BCUT2D eigenvalue weighted by molar-refractivity contribution is 0.0812. The van der Waals surface area contributed by atoms with E-state index in [9.17, 15) is 9.18 Å². The van der Waals surface area contributed by atoms with Gasteiger partial charge in [0.2, 0.25) is 0 Å². The maximum absolute atomic E-state index is 13.8. The first-order valence-electron chi connectivity index (χ1n) is 7.30. The van der Waals surface area contributed by atoms with E-state index < -0.39 is 11.9 Å². The van der Waals surface area contributed by atoms with Gasteiger partial charge in [-0.05, 0) is 13.0 Å². The van der Waals surface area contributed by atoms with Crippen molar-refractivity contribution in [3.63, 3.8) is 0 Å². The number of nitrogens with zero attached hydrogens (tertiary/aromatic N) is 3. The summed E-state index contributed by atoms with van der Waals surface area (Å²) in [4.78, 5) is 21.7. The van der Waals surface area contributed by atoms with Gasteiger partial charge in [0.1, 0.15) is 18.2 Å². The first-order chi connectivity index (χ1) is 11.1. The number of carbonyl (C=O) groups excluding carboxylic acids is 1. The highest BCUT2D eigenvalue weighted by atomic mass is 19.1. The molecule has 1 aromatic heterocycles. The molecule has 1 N–H and O–H groups in total. The summed E-state index contributed by atoms with van der Waals surface area (Å²) in [6.45, 7) is 3.41. The van der Waals surface area contributed by atoms with Crippen LogP contribution in [0.1, 0.15) is 6.92 Å². The van der Waals surface area contributed by atoms with Crippen LogP contribution in [-0.2, 0) is 4.74 Å². The topological polar surface area (TPSA) is 76.6 Å². The van der Waals surface area contributed by atoms with E-state index in [-0.39, 0.29) is 11.9 Å². The van der Waals surface area contributed by atoms with E-state index in [2.05, 4.69) is 15.3 Å². The molecule has 3 rings (SSSR count). The number of ether oxygens (including phenoxy) is 2. The number of rotatable bonds is 4. The molecule has 1 saturated heterocycles. The first-order valence-corrected chi connectivity index (χ1v) is 7.30. The van der Waals surface area contributed by atoms with E-state index in [0.717, 1.165) is 0 Å². The Balaban J connectivity index is 1.78. The highest BCUT2D eigenvalue weighted by molar-refractivity contribution is 5.91. The highest BCUT2D eigenvalue weighted by Crippen LogP contribution is 2.31. The average molecular weight is 320 g/mol. The van der Waals surface area contributed by atoms with Crippen LogP contribution in [0.25, 0.3) is 10.9 Å². The highest BCUT2D eigenvalue weighted by Gasteiger charge is 2.32. The predicted octanol–water partition coefficient (Wildman–Crippen LogP) is 1.71. The van der Waals surface area contributed by atoms with E-state index in [4.69, 9.17) is 9.47 Å². The SMILES string of the molecule is CCNC(=O)OC1CN(c2ncnc3cc(F)c(OC)cc23)C1. The molecule has 2 heterocycles. The number of fused-ring (bicyclic) bond motifs is 1. The number of aromatic nitrogens is 2. The molecule has 23 heavy (non-hydrogen) atoms. The molecule has 2 aromatic rings.